The topological polar surface area (TPSA) is 130 Å². The molecule has 2 aromatic carbocycles. The Labute approximate surface area is 253 Å². The Morgan fingerprint density at radius 3 is 2.71 bits per heavy atom. The number of hydrogen-bond donors (Lipinski definition) is 3. The summed E-state index contributed by atoms with van der Waals surface area (Å²) in [7, 11) is -3.61. The van der Waals surface area contributed by atoms with Crippen molar-refractivity contribution in [1.82, 2.24) is 0 Å². The summed E-state index contributed by atoms with van der Waals surface area (Å²) in [5, 5.41) is 26.2. The zero-order valence-corrected chi connectivity index (χ0v) is 25.8. The van der Waals surface area contributed by atoms with E-state index >= 15 is 0 Å². The Morgan fingerprint density at radius 2 is 2.02 bits per heavy atom. The van der Waals surface area contributed by atoms with E-state index in [2.05, 4.69) is 17.0 Å². The number of halogens is 1. The van der Waals surface area contributed by atoms with E-state index < -0.39 is 27.3 Å². The minimum Gasteiger partial charge on any atom is -0.490 e. The van der Waals surface area contributed by atoms with Gasteiger partial charge in [-0.3, -0.25) is 0 Å². The van der Waals surface area contributed by atoms with Gasteiger partial charge in [0, 0.05) is 23.5 Å². The SMILES string of the molecule is C[C@H](CC=C[C@H](O)[C@@H]1CC[C@H]1CN1C[C@@]2(CCCc3cc(Cl)ccc32)COc2ccc(C(=O)O)cc21)[C@@H](C)S(N)(=O)=O. The van der Waals surface area contributed by atoms with E-state index in [9.17, 15) is 23.4 Å². The number of hydrogen-bond acceptors (Lipinski definition) is 6. The molecule has 1 aliphatic heterocycles. The smallest absolute Gasteiger partial charge is 0.335 e. The number of rotatable bonds is 9. The first-order valence-electron chi connectivity index (χ1n) is 14.8. The number of aliphatic hydroxyl groups is 1. The average Bonchev–Trinajstić information content (AvgIpc) is 3.07. The summed E-state index contributed by atoms with van der Waals surface area (Å²) in [5.74, 6) is -0.220. The van der Waals surface area contributed by atoms with E-state index in [1.54, 1.807) is 31.2 Å². The molecule has 2 aliphatic carbocycles. The molecular formula is C32H41ClN2O6S. The molecule has 10 heteroatoms. The third-order valence-corrected chi connectivity index (χ3v) is 11.6. The van der Waals surface area contributed by atoms with Crippen molar-refractivity contribution in [3.05, 3.63) is 70.3 Å². The van der Waals surface area contributed by atoms with E-state index in [0.717, 1.165) is 42.8 Å². The van der Waals surface area contributed by atoms with Gasteiger partial charge in [-0.15, -0.1) is 0 Å². The minimum absolute atomic E-state index is 0.0518. The van der Waals surface area contributed by atoms with Crippen LogP contribution >= 0.6 is 11.6 Å². The van der Waals surface area contributed by atoms with Crippen molar-refractivity contribution in [2.45, 2.75) is 69.1 Å². The number of carboxylic acid groups (broad SMARTS) is 1. The van der Waals surface area contributed by atoms with Gasteiger partial charge in [-0.25, -0.2) is 18.4 Å². The summed E-state index contributed by atoms with van der Waals surface area (Å²) in [6.45, 7) is 5.28. The molecule has 0 amide bonds. The largest absolute Gasteiger partial charge is 0.490 e. The normalized spacial score (nSPS) is 26.0. The van der Waals surface area contributed by atoms with Crippen LogP contribution in [0, 0.1) is 17.8 Å². The number of primary sulfonamides is 1. The van der Waals surface area contributed by atoms with Crippen LogP contribution in [0.4, 0.5) is 5.69 Å². The van der Waals surface area contributed by atoms with Crippen LogP contribution in [-0.2, 0) is 21.9 Å². The molecule has 4 N–H and O–H groups in total. The van der Waals surface area contributed by atoms with Gasteiger partial charge in [0.15, 0.2) is 0 Å². The maximum atomic E-state index is 11.9. The lowest BCUT2D eigenvalue weighted by molar-refractivity contribution is 0.0456. The summed E-state index contributed by atoms with van der Waals surface area (Å²) < 4.78 is 29.8. The first-order chi connectivity index (χ1) is 19.9. The molecule has 0 bridgehead atoms. The van der Waals surface area contributed by atoms with Gasteiger partial charge in [-0.2, -0.15) is 0 Å². The van der Waals surface area contributed by atoms with Crippen LogP contribution in [0.2, 0.25) is 5.02 Å². The number of nitrogens with two attached hydrogens (primary N) is 1. The van der Waals surface area contributed by atoms with Crippen LogP contribution in [0.15, 0.2) is 48.6 Å². The van der Waals surface area contributed by atoms with Crippen LogP contribution < -0.4 is 14.8 Å². The zero-order valence-electron chi connectivity index (χ0n) is 24.2. The summed E-state index contributed by atoms with van der Waals surface area (Å²) in [4.78, 5) is 14.2. The zero-order chi connectivity index (χ0) is 30.2. The van der Waals surface area contributed by atoms with Gasteiger partial charge in [0.05, 0.1) is 29.2 Å². The van der Waals surface area contributed by atoms with Gasteiger partial charge >= 0.3 is 5.97 Å². The number of anilines is 1. The average molecular weight is 617 g/mol. The second-order valence-electron chi connectivity index (χ2n) is 12.5. The van der Waals surface area contributed by atoms with Crippen molar-refractivity contribution < 1.29 is 28.2 Å². The molecule has 42 heavy (non-hydrogen) atoms. The molecule has 1 saturated carbocycles. The van der Waals surface area contributed by atoms with Crippen LogP contribution in [-0.4, -0.2) is 55.7 Å². The van der Waals surface area contributed by atoms with E-state index in [0.29, 0.717) is 31.9 Å². The number of aromatic carboxylic acids is 1. The molecule has 1 heterocycles. The van der Waals surface area contributed by atoms with Crippen molar-refractivity contribution in [3.63, 3.8) is 0 Å². The maximum Gasteiger partial charge on any atom is 0.335 e. The van der Waals surface area contributed by atoms with Gasteiger partial charge in [0.1, 0.15) is 5.75 Å². The molecule has 1 spiro atoms. The van der Waals surface area contributed by atoms with Crippen molar-refractivity contribution in [1.29, 1.82) is 0 Å². The number of ether oxygens (including phenoxy) is 1. The number of allylic oxidation sites excluding steroid dienone is 1. The molecule has 0 unspecified atom stereocenters. The number of aryl methyl sites for hydroxylation is 1. The Kier molecular flexibility index (Phi) is 8.95. The maximum absolute atomic E-state index is 11.9. The van der Waals surface area contributed by atoms with Gasteiger partial charge in [-0.05, 0) is 105 Å². The molecule has 0 radical (unpaired) electrons. The molecule has 228 valence electrons. The van der Waals surface area contributed by atoms with Gasteiger partial charge < -0.3 is 19.8 Å². The van der Waals surface area contributed by atoms with E-state index in [1.165, 1.54) is 11.1 Å². The number of sulfonamides is 1. The fraction of sp³-hybridized carbons (Fsp3) is 0.531. The summed E-state index contributed by atoms with van der Waals surface area (Å²) >= 11 is 6.36. The molecule has 0 saturated heterocycles. The van der Waals surface area contributed by atoms with Gasteiger partial charge in [0.2, 0.25) is 10.0 Å². The van der Waals surface area contributed by atoms with E-state index in [-0.39, 0.29) is 28.7 Å². The summed E-state index contributed by atoms with van der Waals surface area (Å²) in [5.41, 5.74) is 3.20. The van der Waals surface area contributed by atoms with Crippen molar-refractivity contribution in [2.75, 3.05) is 24.6 Å². The number of aliphatic hydroxyl groups excluding tert-OH is 1. The number of fused-ring (bicyclic) bond motifs is 3. The lowest BCUT2D eigenvalue weighted by Gasteiger charge is -2.45. The highest BCUT2D eigenvalue weighted by Gasteiger charge is 2.44. The molecule has 6 atom stereocenters. The Morgan fingerprint density at radius 1 is 1.24 bits per heavy atom. The number of carbonyl (C=O) groups is 1. The lowest BCUT2D eigenvalue weighted by Crippen LogP contribution is -2.49. The highest BCUT2D eigenvalue weighted by molar-refractivity contribution is 7.89. The van der Waals surface area contributed by atoms with Gasteiger partial charge in [-0.1, -0.05) is 36.7 Å². The summed E-state index contributed by atoms with van der Waals surface area (Å²) in [6, 6.07) is 11.2. The van der Waals surface area contributed by atoms with Crippen LogP contribution in [0.25, 0.3) is 0 Å². The van der Waals surface area contributed by atoms with Crippen molar-refractivity contribution in [2.24, 2.45) is 22.9 Å². The predicted octanol–water partition coefficient (Wildman–Crippen LogP) is 5.16. The number of carboxylic acids is 1. The van der Waals surface area contributed by atoms with Crippen LogP contribution in [0.1, 0.15) is 67.4 Å². The molecule has 8 nitrogen and oxygen atoms in total. The molecular weight excluding hydrogens is 576 g/mol. The molecule has 5 rings (SSSR count). The lowest BCUT2D eigenvalue weighted by atomic mass is 9.68. The summed E-state index contributed by atoms with van der Waals surface area (Å²) in [6.07, 6.45) is 8.27. The third kappa shape index (κ3) is 6.34. The molecule has 3 aliphatic rings. The molecule has 1 fully saturated rings. The first kappa shape index (κ1) is 30.9. The molecule has 0 aromatic heterocycles. The van der Waals surface area contributed by atoms with Crippen LogP contribution in [0.3, 0.4) is 0 Å². The standard InChI is InChI=1S/C32H41ClN2O6S/c1-20(21(2)42(34,39)40)5-3-7-29(36)26-11-8-24(26)17-35-18-32(14-4-6-22-15-25(33)10-12-27(22)32)19-41-30-13-9-23(31(37)38)16-28(30)35/h3,7,9-10,12-13,15-16,20-21,24,26,29,36H,4-6,8,11,14,17-19H2,1-2H3,(H,37,38)(H2,34,39,40)/t20-,21-,24+,26-,29+,32+/m1/s1. The number of benzene rings is 2. The van der Waals surface area contributed by atoms with Crippen LogP contribution in [0.5, 0.6) is 5.75 Å². The molecule has 2 aromatic rings. The highest BCUT2D eigenvalue weighted by atomic mass is 35.5. The minimum atomic E-state index is -3.61. The van der Waals surface area contributed by atoms with E-state index in [1.807, 2.05) is 19.1 Å². The second-order valence-corrected chi connectivity index (χ2v) is 14.9. The fourth-order valence-electron chi connectivity index (χ4n) is 6.89. The highest BCUT2D eigenvalue weighted by Crippen LogP contribution is 2.46. The van der Waals surface area contributed by atoms with Crippen molar-refractivity contribution >= 4 is 33.3 Å². The first-order valence-corrected chi connectivity index (χ1v) is 16.8. The van der Waals surface area contributed by atoms with E-state index in [4.69, 9.17) is 21.5 Å². The Bertz CT molecular complexity index is 1460. The fourth-order valence-corrected chi connectivity index (χ4v) is 7.85. The Balaban J connectivity index is 1.38. The predicted molar refractivity (Wildman–Crippen MR) is 165 cm³/mol. The third-order valence-electron chi connectivity index (χ3n) is 9.81. The Hall–Kier alpha value is -2.59. The second kappa shape index (κ2) is 12.2. The number of nitrogens with zero attached hydrogens (tertiary/aromatic N) is 1. The van der Waals surface area contributed by atoms with Gasteiger partial charge in [0.25, 0.3) is 0 Å². The van der Waals surface area contributed by atoms with Crippen molar-refractivity contribution in [3.8, 4) is 5.75 Å². The quantitative estimate of drug-likeness (QED) is 0.332. The monoisotopic (exact) mass is 616 g/mol.